The minimum atomic E-state index is -3.92. The van der Waals surface area contributed by atoms with Crippen molar-refractivity contribution in [1.82, 2.24) is 9.62 Å². The molecule has 0 aromatic heterocycles. The molecule has 0 bridgehead atoms. The van der Waals surface area contributed by atoms with Crippen LogP contribution in [-0.4, -0.2) is 70.0 Å². The van der Waals surface area contributed by atoms with Gasteiger partial charge in [-0.1, -0.05) is 18.1 Å². The van der Waals surface area contributed by atoms with Crippen molar-refractivity contribution in [2.24, 2.45) is 0 Å². The second-order valence-corrected chi connectivity index (χ2v) is 9.97. The fourth-order valence-electron chi connectivity index (χ4n) is 3.73. The highest BCUT2D eigenvalue weighted by Crippen LogP contribution is 2.31. The van der Waals surface area contributed by atoms with Gasteiger partial charge in [-0.15, -0.1) is 6.42 Å². The van der Waals surface area contributed by atoms with Crippen LogP contribution in [0.1, 0.15) is 17.9 Å². The molecule has 1 aliphatic heterocycles. The van der Waals surface area contributed by atoms with E-state index in [4.69, 9.17) is 20.6 Å². The lowest BCUT2D eigenvalue weighted by Crippen LogP contribution is -2.38. The normalized spacial score (nSPS) is 17.4. The maximum Gasteiger partial charge on any atom is 0.286 e. The molecule has 3 rings (SSSR count). The molecule has 2 aromatic rings. The SMILES string of the molecule is C#CCNC(=O)C1=C[C@H](c2ccc(F)cc2)C[C@H](OCCN(CCO)S(=O)(=O)c2ccc(OC)cc2)O1. The Morgan fingerprint density at radius 1 is 1.22 bits per heavy atom. The van der Waals surface area contributed by atoms with Crippen LogP contribution in [0.5, 0.6) is 5.75 Å². The van der Waals surface area contributed by atoms with Crippen molar-refractivity contribution in [3.63, 3.8) is 0 Å². The molecule has 2 aromatic carbocycles. The van der Waals surface area contributed by atoms with Gasteiger partial charge in [-0.25, -0.2) is 12.8 Å². The summed E-state index contributed by atoms with van der Waals surface area (Å²) in [6.07, 6.45) is 6.25. The van der Waals surface area contributed by atoms with Gasteiger partial charge in [0.25, 0.3) is 5.91 Å². The Labute approximate surface area is 215 Å². The number of carbonyl (C=O) groups excluding carboxylic acids is 1. The standard InChI is InChI=1S/C26H29FN2O7S/c1-3-12-28-26(31)24-17-20(19-4-6-21(27)7-5-19)18-25(36-24)35-16-14-29(13-15-30)37(32,33)23-10-8-22(34-2)9-11-23/h1,4-11,17,20,25,30H,12-16,18H2,2H3,(H,28,31)/t20-,25+/m0/s1. The van der Waals surface area contributed by atoms with E-state index in [2.05, 4.69) is 11.2 Å². The Morgan fingerprint density at radius 3 is 2.54 bits per heavy atom. The Balaban J connectivity index is 1.71. The van der Waals surface area contributed by atoms with E-state index in [0.717, 1.165) is 9.87 Å². The molecule has 1 heterocycles. The lowest BCUT2D eigenvalue weighted by atomic mass is 9.93. The molecule has 0 radical (unpaired) electrons. The number of nitrogens with zero attached hydrogens (tertiary/aromatic N) is 1. The zero-order valence-electron chi connectivity index (χ0n) is 20.3. The maximum absolute atomic E-state index is 13.4. The lowest BCUT2D eigenvalue weighted by Gasteiger charge is -2.30. The predicted molar refractivity (Wildman–Crippen MR) is 133 cm³/mol. The fourth-order valence-corrected chi connectivity index (χ4v) is 5.14. The first-order valence-electron chi connectivity index (χ1n) is 11.5. The number of hydrogen-bond donors (Lipinski definition) is 2. The quantitative estimate of drug-likeness (QED) is 0.402. The minimum Gasteiger partial charge on any atom is -0.497 e. The summed E-state index contributed by atoms with van der Waals surface area (Å²) >= 11 is 0. The molecule has 0 saturated heterocycles. The molecule has 0 aliphatic carbocycles. The maximum atomic E-state index is 13.4. The van der Waals surface area contributed by atoms with Crippen molar-refractivity contribution < 1.29 is 36.9 Å². The van der Waals surface area contributed by atoms with Gasteiger partial charge < -0.3 is 24.6 Å². The van der Waals surface area contributed by atoms with Gasteiger partial charge in [0.05, 0.1) is 31.8 Å². The molecule has 2 atom stereocenters. The van der Waals surface area contributed by atoms with Gasteiger partial charge >= 0.3 is 0 Å². The number of sulfonamides is 1. The third-order valence-electron chi connectivity index (χ3n) is 5.62. The molecule has 9 nitrogen and oxygen atoms in total. The summed E-state index contributed by atoms with van der Waals surface area (Å²) in [6.45, 7) is -0.662. The average Bonchev–Trinajstić information content (AvgIpc) is 2.91. The van der Waals surface area contributed by atoms with E-state index in [1.165, 1.54) is 43.5 Å². The van der Waals surface area contributed by atoms with Gasteiger partial charge in [0, 0.05) is 25.4 Å². The second kappa shape index (κ2) is 13.2. The number of aliphatic hydroxyl groups excluding tert-OH is 1. The number of rotatable bonds is 12. The number of benzene rings is 2. The Kier molecular flexibility index (Phi) is 10.0. The average molecular weight is 533 g/mol. The molecular weight excluding hydrogens is 503 g/mol. The monoisotopic (exact) mass is 532 g/mol. The van der Waals surface area contributed by atoms with E-state index in [1.54, 1.807) is 18.2 Å². The van der Waals surface area contributed by atoms with Crippen LogP contribution in [-0.2, 0) is 24.3 Å². The Morgan fingerprint density at radius 2 is 1.92 bits per heavy atom. The number of ether oxygens (including phenoxy) is 3. The summed E-state index contributed by atoms with van der Waals surface area (Å²) in [4.78, 5) is 12.5. The Hall–Kier alpha value is -3.43. The Bertz CT molecular complexity index is 1230. The number of allylic oxidation sites excluding steroid dienone is 1. The van der Waals surface area contributed by atoms with Crippen LogP contribution in [0.25, 0.3) is 0 Å². The van der Waals surface area contributed by atoms with Crippen LogP contribution in [0.3, 0.4) is 0 Å². The lowest BCUT2D eigenvalue weighted by molar-refractivity contribution is -0.146. The van der Waals surface area contributed by atoms with E-state index in [9.17, 15) is 22.7 Å². The summed E-state index contributed by atoms with van der Waals surface area (Å²) in [7, 11) is -2.44. The van der Waals surface area contributed by atoms with E-state index < -0.39 is 22.2 Å². The number of nitrogens with one attached hydrogen (secondary N) is 1. The van der Waals surface area contributed by atoms with Gasteiger partial charge in [-0.05, 0) is 48.0 Å². The van der Waals surface area contributed by atoms with Gasteiger partial charge in [-0.3, -0.25) is 4.79 Å². The van der Waals surface area contributed by atoms with E-state index in [-0.39, 0.29) is 55.2 Å². The van der Waals surface area contributed by atoms with Crippen molar-refractivity contribution in [1.29, 1.82) is 0 Å². The highest BCUT2D eigenvalue weighted by molar-refractivity contribution is 7.89. The fraction of sp³-hybridized carbons (Fsp3) is 0.346. The molecule has 0 saturated carbocycles. The minimum absolute atomic E-state index is 0.00102. The number of aliphatic hydroxyl groups is 1. The molecule has 0 fully saturated rings. The molecule has 11 heteroatoms. The third-order valence-corrected chi connectivity index (χ3v) is 7.53. The number of hydrogen-bond acceptors (Lipinski definition) is 7. The first-order chi connectivity index (χ1) is 17.8. The van der Waals surface area contributed by atoms with Crippen LogP contribution in [0.4, 0.5) is 4.39 Å². The number of terminal acetylenes is 1. The molecule has 198 valence electrons. The molecule has 0 unspecified atom stereocenters. The first kappa shape index (κ1) is 28.1. The molecule has 1 amide bonds. The summed E-state index contributed by atoms with van der Waals surface area (Å²) in [5, 5.41) is 12.0. The van der Waals surface area contributed by atoms with Crippen LogP contribution < -0.4 is 10.1 Å². The largest absolute Gasteiger partial charge is 0.497 e. The highest BCUT2D eigenvalue weighted by atomic mass is 32.2. The van der Waals surface area contributed by atoms with Crippen LogP contribution in [0.2, 0.25) is 0 Å². The summed E-state index contributed by atoms with van der Waals surface area (Å²) in [6, 6.07) is 11.8. The highest BCUT2D eigenvalue weighted by Gasteiger charge is 2.30. The van der Waals surface area contributed by atoms with Crippen molar-refractivity contribution in [3.8, 4) is 18.1 Å². The van der Waals surface area contributed by atoms with Crippen molar-refractivity contribution in [2.75, 3.05) is 40.0 Å². The smallest absolute Gasteiger partial charge is 0.286 e. The first-order valence-corrected chi connectivity index (χ1v) is 12.9. The topological polar surface area (TPSA) is 114 Å². The number of halogens is 1. The van der Waals surface area contributed by atoms with E-state index in [0.29, 0.717) is 12.2 Å². The predicted octanol–water partition coefficient (Wildman–Crippen LogP) is 2.00. The molecular formula is C26H29FN2O7S. The van der Waals surface area contributed by atoms with Gasteiger partial charge in [0.2, 0.25) is 16.3 Å². The zero-order valence-corrected chi connectivity index (χ0v) is 21.1. The molecule has 2 N–H and O–H groups in total. The molecule has 37 heavy (non-hydrogen) atoms. The van der Waals surface area contributed by atoms with Crippen LogP contribution >= 0.6 is 0 Å². The molecule has 0 spiro atoms. The summed E-state index contributed by atoms with van der Waals surface area (Å²) < 4.78 is 57.3. The van der Waals surface area contributed by atoms with E-state index >= 15 is 0 Å². The van der Waals surface area contributed by atoms with Gasteiger partial charge in [0.15, 0.2) is 5.76 Å². The number of carbonyl (C=O) groups is 1. The number of methoxy groups -OCH3 is 1. The van der Waals surface area contributed by atoms with Gasteiger partial charge in [-0.2, -0.15) is 4.31 Å². The molecule has 1 aliphatic rings. The second-order valence-electron chi connectivity index (χ2n) is 8.03. The van der Waals surface area contributed by atoms with Crippen LogP contribution in [0.15, 0.2) is 65.3 Å². The van der Waals surface area contributed by atoms with Crippen LogP contribution in [0, 0.1) is 18.2 Å². The number of amides is 1. The zero-order chi connectivity index (χ0) is 26.8. The summed E-state index contributed by atoms with van der Waals surface area (Å²) in [5.74, 6) is 1.59. The van der Waals surface area contributed by atoms with Crippen molar-refractivity contribution >= 4 is 15.9 Å². The van der Waals surface area contributed by atoms with Crippen molar-refractivity contribution in [2.45, 2.75) is 23.5 Å². The third kappa shape index (κ3) is 7.53. The van der Waals surface area contributed by atoms with E-state index in [1.807, 2.05) is 0 Å². The van der Waals surface area contributed by atoms with Crippen molar-refractivity contribution in [3.05, 3.63) is 71.7 Å². The van der Waals surface area contributed by atoms with Gasteiger partial charge in [0.1, 0.15) is 11.6 Å². The summed E-state index contributed by atoms with van der Waals surface area (Å²) in [5.41, 5.74) is 0.754.